The third-order valence-electron chi connectivity index (χ3n) is 3.58. The van der Waals surface area contributed by atoms with Gasteiger partial charge in [0.25, 0.3) is 5.91 Å². The molecule has 0 unspecified atom stereocenters. The van der Waals surface area contributed by atoms with Crippen LogP contribution in [0.1, 0.15) is 20.8 Å². The molecule has 0 aliphatic rings. The molecule has 0 spiro atoms. The zero-order chi connectivity index (χ0) is 16.9. The molecule has 122 valence electrons. The van der Waals surface area contributed by atoms with Gasteiger partial charge in [-0.3, -0.25) is 4.79 Å². The zero-order valence-corrected chi connectivity index (χ0v) is 14.6. The number of carbonyl (C=O) groups is 1. The summed E-state index contributed by atoms with van der Waals surface area (Å²) in [6, 6.07) is 13.0. The second-order valence-corrected chi connectivity index (χ2v) is 6.64. The molecule has 0 radical (unpaired) electrons. The molecule has 0 atom stereocenters. The lowest BCUT2D eigenvalue weighted by Gasteiger charge is -2.13. The van der Waals surface area contributed by atoms with Crippen LogP contribution in [-0.4, -0.2) is 10.9 Å². The van der Waals surface area contributed by atoms with Crippen LogP contribution in [0, 0.1) is 6.92 Å². The molecule has 0 saturated heterocycles. The Bertz CT molecular complexity index is 849. The van der Waals surface area contributed by atoms with Gasteiger partial charge in [0.2, 0.25) is 0 Å². The largest absolute Gasteiger partial charge is 0.347 e. The predicted molar refractivity (Wildman–Crippen MR) is 99.2 cm³/mol. The maximum absolute atomic E-state index is 12.5. The Morgan fingerprint density at radius 2 is 2.08 bits per heavy atom. The minimum Gasteiger partial charge on any atom is -0.347 e. The van der Waals surface area contributed by atoms with Gasteiger partial charge >= 0.3 is 0 Å². The number of nitrogens with zero attached hydrogens (tertiary/aromatic N) is 1. The lowest BCUT2D eigenvalue weighted by atomic mass is 10.2. The summed E-state index contributed by atoms with van der Waals surface area (Å²) in [7, 11) is 0. The van der Waals surface area contributed by atoms with Crippen LogP contribution >= 0.6 is 22.9 Å². The van der Waals surface area contributed by atoms with E-state index in [1.807, 2.05) is 42.6 Å². The number of carbonyl (C=O) groups excluding carboxylic acids is 1. The van der Waals surface area contributed by atoms with Crippen molar-refractivity contribution in [3.8, 4) is 0 Å². The molecular formula is C18H16ClN3OS. The molecule has 3 rings (SSSR count). The lowest BCUT2D eigenvalue weighted by Crippen LogP contribution is -2.23. The molecule has 3 aromatic rings. The Morgan fingerprint density at radius 3 is 2.88 bits per heavy atom. The first-order valence-electron chi connectivity index (χ1n) is 7.43. The third kappa shape index (κ3) is 3.75. The number of amides is 1. The summed E-state index contributed by atoms with van der Waals surface area (Å²) in [6.07, 6.45) is 1.65. The molecule has 2 heterocycles. The number of aromatic nitrogens is 1. The highest BCUT2D eigenvalue weighted by Gasteiger charge is 2.13. The van der Waals surface area contributed by atoms with E-state index in [0.29, 0.717) is 22.9 Å². The summed E-state index contributed by atoms with van der Waals surface area (Å²) in [4.78, 5) is 17.9. The quantitative estimate of drug-likeness (QED) is 0.691. The maximum atomic E-state index is 12.5. The first kappa shape index (κ1) is 16.5. The van der Waals surface area contributed by atoms with Crippen LogP contribution in [0.3, 0.4) is 0 Å². The Hall–Kier alpha value is -2.37. The molecule has 0 aliphatic heterocycles. The van der Waals surface area contributed by atoms with Gasteiger partial charge in [-0.2, -0.15) is 0 Å². The van der Waals surface area contributed by atoms with Crippen molar-refractivity contribution in [1.82, 2.24) is 10.3 Å². The van der Waals surface area contributed by atoms with Crippen molar-refractivity contribution in [2.45, 2.75) is 13.5 Å². The number of hydrogen-bond donors (Lipinski definition) is 2. The minimum absolute atomic E-state index is 0.168. The van der Waals surface area contributed by atoms with Crippen LogP contribution in [0.25, 0.3) is 0 Å². The molecule has 1 aromatic carbocycles. The van der Waals surface area contributed by atoms with E-state index in [0.717, 1.165) is 16.1 Å². The van der Waals surface area contributed by atoms with Crippen molar-refractivity contribution in [2.24, 2.45) is 0 Å². The van der Waals surface area contributed by atoms with Gasteiger partial charge < -0.3 is 10.6 Å². The maximum Gasteiger partial charge on any atom is 0.255 e. The van der Waals surface area contributed by atoms with E-state index in [1.54, 1.807) is 29.7 Å². The molecule has 0 fully saturated rings. The van der Waals surface area contributed by atoms with Gasteiger partial charge in [-0.15, -0.1) is 11.3 Å². The number of hydrogen-bond acceptors (Lipinski definition) is 4. The summed E-state index contributed by atoms with van der Waals surface area (Å²) in [5.74, 6) is 0.338. The minimum atomic E-state index is -0.168. The molecule has 1 amide bonds. The Labute approximate surface area is 149 Å². The SMILES string of the molecule is Cc1c(Cl)cccc1Nc1ncccc1C(=O)NCc1cccs1. The number of benzene rings is 1. The Balaban J connectivity index is 1.79. The van der Waals surface area contributed by atoms with Crippen LogP contribution in [-0.2, 0) is 6.54 Å². The summed E-state index contributed by atoms with van der Waals surface area (Å²) in [5.41, 5.74) is 2.23. The fourth-order valence-corrected chi connectivity index (χ4v) is 3.05. The van der Waals surface area contributed by atoms with Crippen molar-refractivity contribution in [2.75, 3.05) is 5.32 Å². The average Bonchev–Trinajstić information content (AvgIpc) is 3.11. The van der Waals surface area contributed by atoms with Crippen LogP contribution in [0.15, 0.2) is 54.0 Å². The number of halogens is 1. The second-order valence-electron chi connectivity index (χ2n) is 5.20. The van der Waals surface area contributed by atoms with E-state index < -0.39 is 0 Å². The van der Waals surface area contributed by atoms with E-state index in [9.17, 15) is 4.79 Å². The standard InChI is InChI=1S/C18H16ClN3OS/c1-12-15(19)7-2-8-16(12)22-17-14(6-3-9-20-17)18(23)21-11-13-5-4-10-24-13/h2-10H,11H2,1H3,(H,20,22)(H,21,23). The molecule has 0 saturated carbocycles. The van der Waals surface area contributed by atoms with E-state index in [4.69, 9.17) is 11.6 Å². The van der Waals surface area contributed by atoms with Crippen LogP contribution in [0.4, 0.5) is 11.5 Å². The summed E-state index contributed by atoms with van der Waals surface area (Å²) >= 11 is 7.76. The molecule has 24 heavy (non-hydrogen) atoms. The van der Waals surface area contributed by atoms with Gasteiger partial charge in [0.15, 0.2) is 0 Å². The van der Waals surface area contributed by atoms with Gasteiger partial charge in [-0.1, -0.05) is 23.7 Å². The second kappa shape index (κ2) is 7.47. The number of pyridine rings is 1. The average molecular weight is 358 g/mol. The van der Waals surface area contributed by atoms with Gasteiger partial charge in [-0.05, 0) is 48.2 Å². The highest BCUT2D eigenvalue weighted by atomic mass is 35.5. The van der Waals surface area contributed by atoms with Crippen molar-refractivity contribution in [3.63, 3.8) is 0 Å². The summed E-state index contributed by atoms with van der Waals surface area (Å²) < 4.78 is 0. The zero-order valence-electron chi connectivity index (χ0n) is 13.0. The van der Waals surface area contributed by atoms with Crippen molar-refractivity contribution in [1.29, 1.82) is 0 Å². The normalized spacial score (nSPS) is 10.4. The van der Waals surface area contributed by atoms with Gasteiger partial charge in [-0.25, -0.2) is 4.98 Å². The molecular weight excluding hydrogens is 342 g/mol. The Morgan fingerprint density at radius 1 is 1.21 bits per heavy atom. The number of anilines is 2. The van der Waals surface area contributed by atoms with Gasteiger partial charge in [0, 0.05) is 21.8 Å². The Kier molecular flexibility index (Phi) is 5.13. The molecule has 0 bridgehead atoms. The first-order valence-corrected chi connectivity index (χ1v) is 8.68. The number of rotatable bonds is 5. The fourth-order valence-electron chi connectivity index (χ4n) is 2.23. The highest BCUT2D eigenvalue weighted by Crippen LogP contribution is 2.26. The highest BCUT2D eigenvalue weighted by molar-refractivity contribution is 7.09. The predicted octanol–water partition coefficient (Wildman–Crippen LogP) is 4.78. The third-order valence-corrected chi connectivity index (χ3v) is 4.86. The molecule has 0 aliphatic carbocycles. The van der Waals surface area contributed by atoms with E-state index in [2.05, 4.69) is 15.6 Å². The molecule has 6 heteroatoms. The van der Waals surface area contributed by atoms with Crippen LogP contribution in [0.2, 0.25) is 5.02 Å². The van der Waals surface area contributed by atoms with E-state index >= 15 is 0 Å². The number of nitrogens with one attached hydrogen (secondary N) is 2. The lowest BCUT2D eigenvalue weighted by molar-refractivity contribution is 0.0952. The smallest absolute Gasteiger partial charge is 0.255 e. The van der Waals surface area contributed by atoms with Crippen molar-refractivity contribution < 1.29 is 4.79 Å². The van der Waals surface area contributed by atoms with E-state index in [-0.39, 0.29) is 5.91 Å². The van der Waals surface area contributed by atoms with Crippen molar-refractivity contribution >= 4 is 40.4 Å². The van der Waals surface area contributed by atoms with Gasteiger partial charge in [0.1, 0.15) is 5.82 Å². The van der Waals surface area contributed by atoms with Gasteiger partial charge in [0.05, 0.1) is 12.1 Å². The van der Waals surface area contributed by atoms with Crippen molar-refractivity contribution in [3.05, 3.63) is 75.1 Å². The molecule has 4 nitrogen and oxygen atoms in total. The monoisotopic (exact) mass is 357 g/mol. The summed E-state index contributed by atoms with van der Waals surface area (Å²) in [6.45, 7) is 2.42. The topological polar surface area (TPSA) is 54.0 Å². The van der Waals surface area contributed by atoms with Crippen LogP contribution < -0.4 is 10.6 Å². The summed E-state index contributed by atoms with van der Waals surface area (Å²) in [5, 5.41) is 8.77. The molecule has 2 N–H and O–H groups in total. The number of thiophene rings is 1. The van der Waals surface area contributed by atoms with E-state index in [1.165, 1.54) is 0 Å². The molecule has 2 aromatic heterocycles. The fraction of sp³-hybridized carbons (Fsp3) is 0.111. The van der Waals surface area contributed by atoms with Crippen LogP contribution in [0.5, 0.6) is 0 Å². The first-order chi connectivity index (χ1) is 11.6.